The van der Waals surface area contributed by atoms with Crippen molar-refractivity contribution in [2.24, 2.45) is 0 Å². The normalized spacial score (nSPS) is 19.2. The largest absolute Gasteiger partial charge is 0.508 e. The molecule has 0 bridgehead atoms. The van der Waals surface area contributed by atoms with Crippen LogP contribution in [0.15, 0.2) is 24.3 Å². The van der Waals surface area contributed by atoms with Crippen LogP contribution in [0.1, 0.15) is 68.8 Å². The summed E-state index contributed by atoms with van der Waals surface area (Å²) in [7, 11) is 0. The SMILES string of the molecule is CC(C)c1nc2n(n1)CCC[C@H]2N[C@H](C)c1cccc(O)c1. The number of aromatic nitrogens is 3. The molecular formula is C17H24N4O. The van der Waals surface area contributed by atoms with E-state index < -0.39 is 0 Å². The third kappa shape index (κ3) is 2.99. The lowest BCUT2D eigenvalue weighted by Crippen LogP contribution is -2.30. The first-order valence-corrected chi connectivity index (χ1v) is 8.04. The van der Waals surface area contributed by atoms with Crippen LogP contribution in [0.3, 0.4) is 0 Å². The quantitative estimate of drug-likeness (QED) is 0.909. The molecule has 22 heavy (non-hydrogen) atoms. The second kappa shape index (κ2) is 6.08. The minimum absolute atomic E-state index is 0.155. The Morgan fingerprint density at radius 3 is 2.86 bits per heavy atom. The smallest absolute Gasteiger partial charge is 0.153 e. The van der Waals surface area contributed by atoms with E-state index in [1.54, 1.807) is 6.07 Å². The van der Waals surface area contributed by atoms with Gasteiger partial charge in [0.2, 0.25) is 0 Å². The summed E-state index contributed by atoms with van der Waals surface area (Å²) >= 11 is 0. The van der Waals surface area contributed by atoms with Crippen molar-refractivity contribution in [1.29, 1.82) is 0 Å². The molecule has 2 atom stereocenters. The number of aryl methyl sites for hydroxylation is 1. The van der Waals surface area contributed by atoms with Crippen LogP contribution >= 0.6 is 0 Å². The van der Waals surface area contributed by atoms with Gasteiger partial charge in [-0.05, 0) is 37.5 Å². The van der Waals surface area contributed by atoms with E-state index in [4.69, 9.17) is 4.98 Å². The highest BCUT2D eigenvalue weighted by Crippen LogP contribution is 2.28. The van der Waals surface area contributed by atoms with E-state index >= 15 is 0 Å². The molecule has 0 amide bonds. The first kappa shape index (κ1) is 15.0. The lowest BCUT2D eigenvalue weighted by atomic mass is 10.0. The summed E-state index contributed by atoms with van der Waals surface area (Å²) in [6.07, 6.45) is 2.18. The van der Waals surface area contributed by atoms with Crippen molar-refractivity contribution in [2.45, 2.75) is 58.2 Å². The Kier molecular flexibility index (Phi) is 4.16. The Bertz CT molecular complexity index is 650. The maximum Gasteiger partial charge on any atom is 0.153 e. The Morgan fingerprint density at radius 2 is 2.14 bits per heavy atom. The van der Waals surface area contributed by atoms with Crippen LogP contribution in [-0.4, -0.2) is 19.9 Å². The lowest BCUT2D eigenvalue weighted by molar-refractivity contribution is 0.343. The number of benzene rings is 1. The van der Waals surface area contributed by atoms with E-state index in [1.807, 2.05) is 22.9 Å². The fraction of sp³-hybridized carbons (Fsp3) is 0.529. The van der Waals surface area contributed by atoms with Gasteiger partial charge in [-0.15, -0.1) is 0 Å². The van der Waals surface area contributed by atoms with Crippen molar-refractivity contribution in [3.63, 3.8) is 0 Å². The zero-order valence-electron chi connectivity index (χ0n) is 13.5. The number of aromatic hydroxyl groups is 1. The summed E-state index contributed by atoms with van der Waals surface area (Å²) in [5, 5.41) is 17.9. The van der Waals surface area contributed by atoms with Gasteiger partial charge in [0.25, 0.3) is 0 Å². The van der Waals surface area contributed by atoms with Gasteiger partial charge in [0.05, 0.1) is 6.04 Å². The first-order valence-electron chi connectivity index (χ1n) is 8.04. The van der Waals surface area contributed by atoms with E-state index in [9.17, 15) is 5.11 Å². The van der Waals surface area contributed by atoms with Gasteiger partial charge < -0.3 is 10.4 Å². The summed E-state index contributed by atoms with van der Waals surface area (Å²) in [6, 6.07) is 7.79. The standard InChI is InChI=1S/C17H24N4O/c1-11(2)16-19-17-15(8-5-9-21(17)20-16)18-12(3)13-6-4-7-14(22)10-13/h4,6-7,10-12,15,18,22H,5,8-9H2,1-3H3/t12-,15-/m1/s1. The van der Waals surface area contributed by atoms with Crippen molar-refractivity contribution in [3.05, 3.63) is 41.5 Å². The number of fused-ring (bicyclic) bond motifs is 1. The number of nitrogens with one attached hydrogen (secondary N) is 1. The molecule has 2 N–H and O–H groups in total. The fourth-order valence-electron chi connectivity index (χ4n) is 2.96. The van der Waals surface area contributed by atoms with Gasteiger partial charge in [-0.3, -0.25) is 0 Å². The van der Waals surface area contributed by atoms with Crippen LogP contribution in [0.2, 0.25) is 0 Å². The van der Waals surface area contributed by atoms with Gasteiger partial charge in [-0.2, -0.15) is 5.10 Å². The maximum atomic E-state index is 9.64. The summed E-state index contributed by atoms with van der Waals surface area (Å²) in [5.74, 6) is 2.62. The maximum absolute atomic E-state index is 9.64. The minimum Gasteiger partial charge on any atom is -0.508 e. The van der Waals surface area contributed by atoms with Gasteiger partial charge in [-0.1, -0.05) is 26.0 Å². The van der Waals surface area contributed by atoms with Gasteiger partial charge in [-0.25, -0.2) is 9.67 Å². The first-order chi connectivity index (χ1) is 10.5. The van der Waals surface area contributed by atoms with Crippen LogP contribution in [0.4, 0.5) is 0 Å². The van der Waals surface area contributed by atoms with Crippen molar-refractivity contribution in [3.8, 4) is 5.75 Å². The molecule has 3 rings (SSSR count). The van der Waals surface area contributed by atoms with E-state index in [0.29, 0.717) is 11.7 Å². The monoisotopic (exact) mass is 300 g/mol. The number of hydrogen-bond acceptors (Lipinski definition) is 4. The molecule has 2 aromatic rings. The number of nitrogens with zero attached hydrogens (tertiary/aromatic N) is 3. The highest BCUT2D eigenvalue weighted by molar-refractivity contribution is 5.29. The van der Waals surface area contributed by atoms with Crippen molar-refractivity contribution >= 4 is 0 Å². The topological polar surface area (TPSA) is 63.0 Å². The highest BCUT2D eigenvalue weighted by Gasteiger charge is 2.26. The average Bonchev–Trinajstić information content (AvgIpc) is 2.92. The molecule has 5 heteroatoms. The lowest BCUT2D eigenvalue weighted by Gasteiger charge is -2.26. The van der Waals surface area contributed by atoms with E-state index in [1.165, 1.54) is 0 Å². The van der Waals surface area contributed by atoms with E-state index in [2.05, 4.69) is 31.2 Å². The highest BCUT2D eigenvalue weighted by atomic mass is 16.3. The molecule has 5 nitrogen and oxygen atoms in total. The molecule has 0 unspecified atom stereocenters. The molecular weight excluding hydrogens is 276 g/mol. The van der Waals surface area contributed by atoms with E-state index in [0.717, 1.165) is 36.6 Å². The predicted molar refractivity (Wildman–Crippen MR) is 85.7 cm³/mol. The zero-order chi connectivity index (χ0) is 15.7. The fourth-order valence-corrected chi connectivity index (χ4v) is 2.96. The van der Waals surface area contributed by atoms with Crippen molar-refractivity contribution < 1.29 is 5.11 Å². The van der Waals surface area contributed by atoms with Crippen molar-refractivity contribution in [1.82, 2.24) is 20.1 Å². The average molecular weight is 300 g/mol. The zero-order valence-corrected chi connectivity index (χ0v) is 13.5. The van der Waals surface area contributed by atoms with Gasteiger partial charge >= 0.3 is 0 Å². The number of hydrogen-bond donors (Lipinski definition) is 2. The molecule has 0 spiro atoms. The molecule has 1 aliphatic rings. The molecule has 0 saturated heterocycles. The molecule has 118 valence electrons. The summed E-state index contributed by atoms with van der Waals surface area (Å²) < 4.78 is 2.05. The molecule has 1 aromatic carbocycles. The molecule has 0 radical (unpaired) electrons. The second-order valence-electron chi connectivity index (χ2n) is 6.38. The summed E-state index contributed by atoms with van der Waals surface area (Å²) in [4.78, 5) is 4.74. The molecule has 0 saturated carbocycles. The third-order valence-corrected chi connectivity index (χ3v) is 4.23. The predicted octanol–water partition coefficient (Wildman–Crippen LogP) is 3.29. The van der Waals surface area contributed by atoms with E-state index in [-0.39, 0.29) is 12.1 Å². The van der Waals surface area contributed by atoms with Gasteiger partial charge in [0.1, 0.15) is 11.6 Å². The second-order valence-corrected chi connectivity index (χ2v) is 6.38. The Labute approximate surface area is 131 Å². The Balaban J connectivity index is 1.79. The number of rotatable bonds is 4. The molecule has 0 aliphatic carbocycles. The van der Waals surface area contributed by atoms with Crippen LogP contribution in [-0.2, 0) is 6.54 Å². The Hall–Kier alpha value is -1.88. The summed E-state index contributed by atoms with van der Waals surface area (Å²) in [5.41, 5.74) is 1.08. The van der Waals surface area contributed by atoms with Crippen molar-refractivity contribution in [2.75, 3.05) is 0 Å². The molecule has 1 aliphatic heterocycles. The van der Waals surface area contributed by atoms with Crippen LogP contribution in [0, 0.1) is 0 Å². The summed E-state index contributed by atoms with van der Waals surface area (Å²) in [6.45, 7) is 7.32. The molecule has 1 aromatic heterocycles. The van der Waals surface area contributed by atoms with Crippen LogP contribution in [0.25, 0.3) is 0 Å². The number of phenols is 1. The van der Waals surface area contributed by atoms with Crippen LogP contribution < -0.4 is 5.32 Å². The molecule has 0 fully saturated rings. The minimum atomic E-state index is 0.155. The molecule has 2 heterocycles. The Morgan fingerprint density at radius 1 is 1.32 bits per heavy atom. The third-order valence-electron chi connectivity index (χ3n) is 4.23. The van der Waals surface area contributed by atoms with Gasteiger partial charge in [0.15, 0.2) is 5.82 Å². The number of phenolic OH excluding ortho intramolecular Hbond substituents is 1. The van der Waals surface area contributed by atoms with Gasteiger partial charge in [0, 0.05) is 18.5 Å². The van der Waals surface area contributed by atoms with Crippen LogP contribution in [0.5, 0.6) is 5.75 Å².